The van der Waals surface area contributed by atoms with E-state index in [-0.39, 0.29) is 17.6 Å². The highest BCUT2D eigenvalue weighted by atomic mass is 19.1. The average Bonchev–Trinajstić information content (AvgIpc) is 3.02. The van der Waals surface area contributed by atoms with Crippen molar-refractivity contribution in [3.8, 4) is 0 Å². The Hall–Kier alpha value is -1.91. The molecule has 2 heterocycles. The molecule has 4 nitrogen and oxygen atoms in total. The number of unbranched alkanes of at least 4 members (excludes halogenated alkanes) is 1. The Morgan fingerprint density at radius 2 is 2.08 bits per heavy atom. The van der Waals surface area contributed by atoms with Crippen LogP contribution in [0.5, 0.6) is 0 Å². The van der Waals surface area contributed by atoms with Crippen LogP contribution in [0.25, 0.3) is 5.65 Å². The molecule has 0 bridgehead atoms. The van der Waals surface area contributed by atoms with Gasteiger partial charge in [-0.2, -0.15) is 0 Å². The smallest absolute Gasteiger partial charge is 0.223 e. The number of hydrogen-bond acceptors (Lipinski definition) is 2. The maximum Gasteiger partial charge on any atom is 0.223 e. The van der Waals surface area contributed by atoms with Crippen molar-refractivity contribution in [1.29, 1.82) is 0 Å². The van der Waals surface area contributed by atoms with Gasteiger partial charge >= 0.3 is 0 Å². The number of imidazole rings is 1. The van der Waals surface area contributed by atoms with Gasteiger partial charge in [0.1, 0.15) is 11.5 Å². The number of rotatable bonds is 7. The van der Waals surface area contributed by atoms with Crippen molar-refractivity contribution in [2.75, 3.05) is 6.54 Å². The van der Waals surface area contributed by atoms with Crippen molar-refractivity contribution in [3.63, 3.8) is 0 Å². The summed E-state index contributed by atoms with van der Waals surface area (Å²) in [6.07, 6.45) is 12.2. The SMILES string of the molecule is CCCCC1CCC(C(=O)NCCc2cn3cc(F)ccc3n2)CC1. The lowest BCUT2D eigenvalue weighted by Gasteiger charge is -2.27. The van der Waals surface area contributed by atoms with Gasteiger partial charge < -0.3 is 9.72 Å². The van der Waals surface area contributed by atoms with Crippen LogP contribution in [0.3, 0.4) is 0 Å². The van der Waals surface area contributed by atoms with E-state index in [1.807, 2.05) is 6.20 Å². The molecule has 0 aromatic carbocycles. The van der Waals surface area contributed by atoms with E-state index in [0.717, 1.165) is 30.1 Å². The van der Waals surface area contributed by atoms with Crippen LogP contribution in [0.2, 0.25) is 0 Å². The number of pyridine rings is 1. The Balaban J connectivity index is 1.41. The molecule has 1 saturated carbocycles. The van der Waals surface area contributed by atoms with E-state index in [4.69, 9.17) is 0 Å². The van der Waals surface area contributed by atoms with Gasteiger partial charge in [0.15, 0.2) is 0 Å². The molecule has 1 N–H and O–H groups in total. The van der Waals surface area contributed by atoms with Crippen molar-refractivity contribution in [1.82, 2.24) is 14.7 Å². The van der Waals surface area contributed by atoms with Gasteiger partial charge in [0.2, 0.25) is 5.91 Å². The van der Waals surface area contributed by atoms with Crippen LogP contribution < -0.4 is 5.32 Å². The van der Waals surface area contributed by atoms with Crippen LogP contribution in [0.4, 0.5) is 4.39 Å². The number of nitrogens with one attached hydrogen (secondary N) is 1. The molecule has 0 atom stereocenters. The second-order valence-electron chi connectivity index (χ2n) is 7.25. The molecule has 3 rings (SSSR count). The minimum Gasteiger partial charge on any atom is -0.355 e. The van der Waals surface area contributed by atoms with Crippen LogP contribution in [-0.4, -0.2) is 21.8 Å². The third-order valence-corrected chi connectivity index (χ3v) is 5.33. The first kappa shape index (κ1) is 17.9. The molecule has 0 unspecified atom stereocenters. The van der Waals surface area contributed by atoms with E-state index in [1.54, 1.807) is 10.5 Å². The number of aromatic nitrogens is 2. The summed E-state index contributed by atoms with van der Waals surface area (Å²) in [4.78, 5) is 16.8. The van der Waals surface area contributed by atoms with Gasteiger partial charge in [-0.05, 0) is 43.7 Å². The lowest BCUT2D eigenvalue weighted by Crippen LogP contribution is -2.34. The zero-order valence-corrected chi connectivity index (χ0v) is 15.0. The summed E-state index contributed by atoms with van der Waals surface area (Å²) in [7, 11) is 0. The number of hydrogen-bond donors (Lipinski definition) is 1. The fraction of sp³-hybridized carbons (Fsp3) is 0.600. The number of nitrogens with zero attached hydrogens (tertiary/aromatic N) is 2. The van der Waals surface area contributed by atoms with Crippen molar-refractivity contribution < 1.29 is 9.18 Å². The topological polar surface area (TPSA) is 46.4 Å². The van der Waals surface area contributed by atoms with Gasteiger partial charge in [0.05, 0.1) is 5.69 Å². The Bertz CT molecular complexity index is 704. The fourth-order valence-corrected chi connectivity index (χ4v) is 3.80. The summed E-state index contributed by atoms with van der Waals surface area (Å²) in [5.74, 6) is 0.901. The van der Waals surface area contributed by atoms with Crippen LogP contribution in [0.1, 0.15) is 57.6 Å². The maximum absolute atomic E-state index is 13.2. The highest BCUT2D eigenvalue weighted by molar-refractivity contribution is 5.78. The molecule has 25 heavy (non-hydrogen) atoms. The fourth-order valence-electron chi connectivity index (χ4n) is 3.80. The number of carbonyl (C=O) groups is 1. The van der Waals surface area contributed by atoms with Gasteiger partial charge in [-0.25, -0.2) is 9.37 Å². The molecule has 1 aliphatic carbocycles. The molecule has 1 aliphatic rings. The van der Waals surface area contributed by atoms with E-state index in [9.17, 15) is 9.18 Å². The van der Waals surface area contributed by atoms with Gasteiger partial charge in [-0.1, -0.05) is 26.2 Å². The molecule has 136 valence electrons. The minimum absolute atomic E-state index is 0.174. The molecular formula is C20H28FN3O. The van der Waals surface area contributed by atoms with E-state index in [1.165, 1.54) is 44.4 Å². The standard InChI is InChI=1S/C20H28FN3O/c1-2-3-4-15-5-7-16(8-6-15)20(25)22-12-11-18-14-24-13-17(21)9-10-19(24)23-18/h9-10,13-16H,2-8,11-12H2,1H3,(H,22,25). The Labute approximate surface area is 148 Å². The first-order valence-corrected chi connectivity index (χ1v) is 9.56. The van der Waals surface area contributed by atoms with Crippen LogP contribution in [0, 0.1) is 17.7 Å². The molecule has 0 radical (unpaired) electrons. The number of amides is 1. The van der Waals surface area contributed by atoms with Crippen LogP contribution in [-0.2, 0) is 11.2 Å². The predicted molar refractivity (Wildman–Crippen MR) is 96.8 cm³/mol. The second kappa shape index (κ2) is 8.45. The lowest BCUT2D eigenvalue weighted by molar-refractivity contribution is -0.126. The summed E-state index contributed by atoms with van der Waals surface area (Å²) in [5.41, 5.74) is 1.60. The largest absolute Gasteiger partial charge is 0.355 e. The van der Waals surface area contributed by atoms with Crippen molar-refractivity contribution in [2.45, 2.75) is 58.3 Å². The van der Waals surface area contributed by atoms with Gasteiger partial charge in [-0.15, -0.1) is 0 Å². The number of fused-ring (bicyclic) bond motifs is 1. The monoisotopic (exact) mass is 345 g/mol. The number of halogens is 1. The third-order valence-electron chi connectivity index (χ3n) is 5.33. The quantitative estimate of drug-likeness (QED) is 0.820. The first-order chi connectivity index (χ1) is 12.2. The van der Waals surface area contributed by atoms with Crippen molar-refractivity contribution in [3.05, 3.63) is 36.0 Å². The normalized spacial score (nSPS) is 20.7. The minimum atomic E-state index is -0.278. The summed E-state index contributed by atoms with van der Waals surface area (Å²) in [6.45, 7) is 2.82. The van der Waals surface area contributed by atoms with Crippen LogP contribution in [0.15, 0.2) is 24.5 Å². The molecule has 1 fully saturated rings. The van der Waals surface area contributed by atoms with Gasteiger partial charge in [0.25, 0.3) is 0 Å². The highest BCUT2D eigenvalue weighted by Crippen LogP contribution is 2.31. The first-order valence-electron chi connectivity index (χ1n) is 9.56. The lowest BCUT2D eigenvalue weighted by atomic mass is 9.79. The molecule has 0 spiro atoms. The summed E-state index contributed by atoms with van der Waals surface area (Å²) >= 11 is 0. The summed E-state index contributed by atoms with van der Waals surface area (Å²) < 4.78 is 14.9. The summed E-state index contributed by atoms with van der Waals surface area (Å²) in [5, 5.41) is 3.05. The van der Waals surface area contributed by atoms with Crippen molar-refractivity contribution >= 4 is 11.6 Å². The molecular weight excluding hydrogens is 317 g/mol. The Morgan fingerprint density at radius 1 is 1.28 bits per heavy atom. The zero-order valence-electron chi connectivity index (χ0n) is 15.0. The number of carbonyl (C=O) groups excluding carboxylic acids is 1. The molecule has 2 aromatic heterocycles. The maximum atomic E-state index is 13.2. The Morgan fingerprint density at radius 3 is 2.84 bits per heavy atom. The third kappa shape index (κ3) is 4.80. The van der Waals surface area contributed by atoms with E-state index >= 15 is 0 Å². The summed E-state index contributed by atoms with van der Waals surface area (Å²) in [6, 6.07) is 3.07. The van der Waals surface area contributed by atoms with E-state index in [0.29, 0.717) is 13.0 Å². The highest BCUT2D eigenvalue weighted by Gasteiger charge is 2.25. The predicted octanol–water partition coefficient (Wildman–Crippen LogP) is 4.13. The molecule has 0 saturated heterocycles. The van der Waals surface area contributed by atoms with E-state index in [2.05, 4.69) is 17.2 Å². The molecule has 5 heteroatoms. The molecule has 0 aliphatic heterocycles. The van der Waals surface area contributed by atoms with Gasteiger partial charge in [0, 0.05) is 31.3 Å². The van der Waals surface area contributed by atoms with Gasteiger partial charge in [-0.3, -0.25) is 4.79 Å². The van der Waals surface area contributed by atoms with E-state index < -0.39 is 0 Å². The van der Waals surface area contributed by atoms with Crippen LogP contribution >= 0.6 is 0 Å². The zero-order chi connectivity index (χ0) is 17.6. The second-order valence-corrected chi connectivity index (χ2v) is 7.25. The molecule has 2 aromatic rings. The molecule has 1 amide bonds. The average molecular weight is 345 g/mol. The Kier molecular flexibility index (Phi) is 6.05. The van der Waals surface area contributed by atoms with Crippen molar-refractivity contribution in [2.24, 2.45) is 11.8 Å².